The van der Waals surface area contributed by atoms with Crippen LogP contribution in [0.1, 0.15) is 66.7 Å². The first-order chi connectivity index (χ1) is 9.91. The van der Waals surface area contributed by atoms with Gasteiger partial charge in [-0.3, -0.25) is 9.69 Å². The van der Waals surface area contributed by atoms with Crippen LogP contribution in [0.15, 0.2) is 0 Å². The van der Waals surface area contributed by atoms with Crippen LogP contribution in [-0.4, -0.2) is 48.1 Å². The van der Waals surface area contributed by atoms with Crippen LogP contribution in [0.25, 0.3) is 0 Å². The van der Waals surface area contributed by atoms with Gasteiger partial charge in [0.2, 0.25) is 5.91 Å². The van der Waals surface area contributed by atoms with Crippen molar-refractivity contribution in [3.8, 4) is 0 Å². The highest BCUT2D eigenvalue weighted by atomic mass is 16.2. The molecule has 1 aliphatic rings. The predicted molar refractivity (Wildman–Crippen MR) is 89.5 cm³/mol. The smallest absolute Gasteiger partial charge is 0.237 e. The summed E-state index contributed by atoms with van der Waals surface area (Å²) < 4.78 is 0. The van der Waals surface area contributed by atoms with Gasteiger partial charge in [0.25, 0.3) is 0 Å². The molecule has 0 radical (unpaired) electrons. The minimum absolute atomic E-state index is 0.0375. The van der Waals surface area contributed by atoms with E-state index >= 15 is 0 Å². The standard InChI is InChI=1S/C17H35N3O/c1-6-11-18-13-15-10-8-9-12-20(15)14(3)16(21)19-17(4,5)7-2/h14-15,18H,6-13H2,1-5H3,(H,19,21). The van der Waals surface area contributed by atoms with Crippen molar-refractivity contribution in [2.24, 2.45) is 0 Å². The van der Waals surface area contributed by atoms with Crippen LogP contribution in [-0.2, 0) is 4.79 Å². The topological polar surface area (TPSA) is 44.4 Å². The van der Waals surface area contributed by atoms with Gasteiger partial charge in [0.15, 0.2) is 0 Å². The second-order valence-corrected chi connectivity index (χ2v) is 6.99. The molecule has 2 N–H and O–H groups in total. The van der Waals surface area contributed by atoms with E-state index in [1.54, 1.807) is 0 Å². The average molecular weight is 297 g/mol. The third-order valence-electron chi connectivity index (χ3n) is 4.70. The first-order valence-electron chi connectivity index (χ1n) is 8.69. The van der Waals surface area contributed by atoms with E-state index < -0.39 is 0 Å². The molecule has 21 heavy (non-hydrogen) atoms. The highest BCUT2D eigenvalue weighted by molar-refractivity contribution is 5.82. The molecule has 0 aromatic carbocycles. The molecule has 0 aromatic rings. The number of hydrogen-bond donors (Lipinski definition) is 2. The summed E-state index contributed by atoms with van der Waals surface area (Å²) in [5, 5.41) is 6.70. The summed E-state index contributed by atoms with van der Waals surface area (Å²) in [7, 11) is 0. The van der Waals surface area contributed by atoms with E-state index in [-0.39, 0.29) is 17.5 Å². The van der Waals surface area contributed by atoms with Crippen molar-refractivity contribution in [1.29, 1.82) is 0 Å². The van der Waals surface area contributed by atoms with Crippen LogP contribution >= 0.6 is 0 Å². The summed E-state index contributed by atoms with van der Waals surface area (Å²) in [4.78, 5) is 14.9. The number of amides is 1. The van der Waals surface area contributed by atoms with Gasteiger partial charge in [-0.05, 0) is 59.5 Å². The van der Waals surface area contributed by atoms with Crippen molar-refractivity contribution in [2.75, 3.05) is 19.6 Å². The molecule has 4 heteroatoms. The lowest BCUT2D eigenvalue weighted by molar-refractivity contribution is -0.129. The average Bonchev–Trinajstić information content (AvgIpc) is 2.47. The van der Waals surface area contributed by atoms with Crippen molar-refractivity contribution >= 4 is 5.91 Å². The first kappa shape index (κ1) is 18.4. The second kappa shape index (κ2) is 8.74. The van der Waals surface area contributed by atoms with Crippen LogP contribution in [0.3, 0.4) is 0 Å². The Hall–Kier alpha value is -0.610. The number of carbonyl (C=O) groups excluding carboxylic acids is 1. The Bertz CT molecular complexity index is 317. The van der Waals surface area contributed by atoms with Gasteiger partial charge in [-0.15, -0.1) is 0 Å². The molecule has 2 unspecified atom stereocenters. The van der Waals surface area contributed by atoms with E-state index in [1.807, 2.05) is 0 Å². The number of piperidine rings is 1. The predicted octanol–water partition coefficient (Wildman–Crippen LogP) is 2.53. The van der Waals surface area contributed by atoms with Crippen molar-refractivity contribution in [1.82, 2.24) is 15.5 Å². The zero-order chi connectivity index (χ0) is 15.9. The quantitative estimate of drug-likeness (QED) is 0.677. The van der Waals surface area contributed by atoms with Gasteiger partial charge in [-0.1, -0.05) is 20.3 Å². The fourth-order valence-electron chi connectivity index (χ4n) is 2.87. The SMILES string of the molecule is CCCNCC1CCCCN1C(C)C(=O)NC(C)(C)CC. The van der Waals surface area contributed by atoms with E-state index in [9.17, 15) is 4.79 Å². The van der Waals surface area contributed by atoms with Gasteiger partial charge < -0.3 is 10.6 Å². The summed E-state index contributed by atoms with van der Waals surface area (Å²) in [6, 6.07) is 0.459. The third-order valence-corrected chi connectivity index (χ3v) is 4.70. The van der Waals surface area contributed by atoms with E-state index in [1.165, 1.54) is 19.3 Å². The molecule has 124 valence electrons. The van der Waals surface area contributed by atoms with Gasteiger partial charge in [0, 0.05) is 18.1 Å². The molecule has 1 rings (SSSR count). The molecule has 1 amide bonds. The van der Waals surface area contributed by atoms with Crippen molar-refractivity contribution < 1.29 is 4.79 Å². The summed E-state index contributed by atoms with van der Waals surface area (Å²) in [5.74, 6) is 0.171. The van der Waals surface area contributed by atoms with E-state index in [0.29, 0.717) is 6.04 Å². The molecule has 1 fully saturated rings. The largest absolute Gasteiger partial charge is 0.350 e. The number of carbonyl (C=O) groups is 1. The molecule has 0 saturated carbocycles. The van der Waals surface area contributed by atoms with Crippen LogP contribution in [0.4, 0.5) is 0 Å². The number of hydrogen-bond acceptors (Lipinski definition) is 3. The molecular formula is C17H35N3O. The van der Waals surface area contributed by atoms with Gasteiger partial charge in [0.05, 0.1) is 6.04 Å². The Morgan fingerprint density at radius 3 is 2.67 bits per heavy atom. The fourth-order valence-corrected chi connectivity index (χ4v) is 2.87. The van der Waals surface area contributed by atoms with Crippen LogP contribution in [0.5, 0.6) is 0 Å². The number of likely N-dealkylation sites (tertiary alicyclic amines) is 1. The molecule has 1 saturated heterocycles. The Kier molecular flexibility index (Phi) is 7.67. The first-order valence-corrected chi connectivity index (χ1v) is 8.69. The van der Waals surface area contributed by atoms with Crippen molar-refractivity contribution in [3.63, 3.8) is 0 Å². The van der Waals surface area contributed by atoms with Crippen molar-refractivity contribution in [3.05, 3.63) is 0 Å². The molecular weight excluding hydrogens is 262 g/mol. The summed E-state index contributed by atoms with van der Waals surface area (Å²) in [6.45, 7) is 13.6. The Morgan fingerprint density at radius 2 is 2.05 bits per heavy atom. The van der Waals surface area contributed by atoms with Gasteiger partial charge in [-0.25, -0.2) is 0 Å². The summed E-state index contributed by atoms with van der Waals surface area (Å²) >= 11 is 0. The lowest BCUT2D eigenvalue weighted by atomic mass is 9.98. The van der Waals surface area contributed by atoms with Crippen LogP contribution in [0, 0.1) is 0 Å². The third kappa shape index (κ3) is 5.95. The maximum Gasteiger partial charge on any atom is 0.237 e. The molecule has 0 aromatic heterocycles. The monoisotopic (exact) mass is 297 g/mol. The van der Waals surface area contributed by atoms with Gasteiger partial charge >= 0.3 is 0 Å². The Balaban J connectivity index is 2.59. The van der Waals surface area contributed by atoms with Crippen molar-refractivity contribution in [2.45, 2.75) is 84.3 Å². The Labute approximate surface area is 131 Å². The number of rotatable bonds is 8. The summed E-state index contributed by atoms with van der Waals surface area (Å²) in [6.07, 6.45) is 5.80. The number of nitrogens with zero attached hydrogens (tertiary/aromatic N) is 1. The summed E-state index contributed by atoms with van der Waals surface area (Å²) in [5.41, 5.74) is -0.114. The zero-order valence-corrected chi connectivity index (χ0v) is 14.7. The van der Waals surface area contributed by atoms with Gasteiger partial charge in [-0.2, -0.15) is 0 Å². The van der Waals surface area contributed by atoms with Gasteiger partial charge in [0.1, 0.15) is 0 Å². The molecule has 1 aliphatic heterocycles. The maximum atomic E-state index is 12.5. The molecule has 0 spiro atoms. The molecule has 0 aliphatic carbocycles. The van der Waals surface area contributed by atoms with E-state index in [2.05, 4.69) is 50.2 Å². The highest BCUT2D eigenvalue weighted by Crippen LogP contribution is 2.20. The zero-order valence-electron chi connectivity index (χ0n) is 14.7. The maximum absolute atomic E-state index is 12.5. The number of nitrogens with one attached hydrogen (secondary N) is 2. The molecule has 0 bridgehead atoms. The molecule has 4 nitrogen and oxygen atoms in total. The highest BCUT2D eigenvalue weighted by Gasteiger charge is 2.31. The second-order valence-electron chi connectivity index (χ2n) is 6.99. The minimum atomic E-state index is -0.114. The van der Waals surface area contributed by atoms with Crippen LogP contribution < -0.4 is 10.6 Å². The normalized spacial score (nSPS) is 22.0. The lowest BCUT2D eigenvalue weighted by Gasteiger charge is -2.40. The fraction of sp³-hybridized carbons (Fsp3) is 0.941. The van der Waals surface area contributed by atoms with E-state index in [0.717, 1.165) is 32.5 Å². The molecule has 1 heterocycles. The van der Waals surface area contributed by atoms with Crippen LogP contribution in [0.2, 0.25) is 0 Å². The lowest BCUT2D eigenvalue weighted by Crippen LogP contribution is -2.57. The molecule has 2 atom stereocenters. The van der Waals surface area contributed by atoms with E-state index in [4.69, 9.17) is 0 Å². The minimum Gasteiger partial charge on any atom is -0.350 e. The Morgan fingerprint density at radius 1 is 1.33 bits per heavy atom.